The lowest BCUT2D eigenvalue weighted by Gasteiger charge is -2.32. The predicted octanol–water partition coefficient (Wildman–Crippen LogP) is 4.68. The Morgan fingerprint density at radius 3 is 2.49 bits per heavy atom. The molecule has 3 aromatic carbocycles. The molecule has 0 unspecified atom stereocenters. The highest BCUT2D eigenvalue weighted by Crippen LogP contribution is 2.35. The number of H-pyrrole nitrogens is 1. The van der Waals surface area contributed by atoms with Crippen LogP contribution in [-0.2, 0) is 11.2 Å². The molecule has 0 saturated carbocycles. The summed E-state index contributed by atoms with van der Waals surface area (Å²) in [6.45, 7) is 4.90. The third kappa shape index (κ3) is 5.53. The Bertz CT molecular complexity index is 1640. The topological polar surface area (TPSA) is 92.2 Å². The van der Waals surface area contributed by atoms with E-state index in [1.54, 1.807) is 18.4 Å². The van der Waals surface area contributed by atoms with Crippen molar-refractivity contribution in [1.29, 1.82) is 0 Å². The highest BCUT2D eigenvalue weighted by Gasteiger charge is 2.27. The Labute approximate surface area is 243 Å². The van der Waals surface area contributed by atoms with Gasteiger partial charge in [-0.25, -0.2) is 4.99 Å². The van der Waals surface area contributed by atoms with Gasteiger partial charge >= 0.3 is 0 Å². The summed E-state index contributed by atoms with van der Waals surface area (Å²) in [6, 6.07) is 21.1. The van der Waals surface area contributed by atoms with Gasteiger partial charge in [-0.05, 0) is 55.6 Å². The Hall–Kier alpha value is -3.92. The van der Waals surface area contributed by atoms with Gasteiger partial charge < -0.3 is 19.9 Å². The number of aliphatic imine (C=N–C) groups is 1. The maximum Gasteiger partial charge on any atom is 0.241 e. The standard InChI is InChI=1S/C32H33N5O3S/c1-35-14-16-36(17-15-35)20-28(38)37-13-12-22-18-24(9-11-27(22)37)33-30(21-6-4-3-5-7-21)29-25-10-8-23(32(40)41-2)19-26(25)34-31(29)39/h3-11,18-19,34,39H,12-17,20H2,1-2H3. The largest absolute Gasteiger partial charge is 0.494 e. The Morgan fingerprint density at radius 2 is 1.73 bits per heavy atom. The summed E-state index contributed by atoms with van der Waals surface area (Å²) < 4.78 is 0. The molecule has 9 heteroatoms. The van der Waals surface area contributed by atoms with Crippen molar-refractivity contribution in [2.24, 2.45) is 4.99 Å². The molecule has 41 heavy (non-hydrogen) atoms. The van der Waals surface area contributed by atoms with Crippen LogP contribution in [0.1, 0.15) is 27.0 Å². The monoisotopic (exact) mass is 567 g/mol. The fourth-order valence-corrected chi connectivity index (χ4v) is 6.02. The van der Waals surface area contributed by atoms with Crippen LogP contribution in [0.4, 0.5) is 11.4 Å². The van der Waals surface area contributed by atoms with Gasteiger partial charge in [-0.2, -0.15) is 0 Å². The zero-order valence-corrected chi connectivity index (χ0v) is 24.1. The van der Waals surface area contributed by atoms with Crippen LogP contribution in [0.25, 0.3) is 10.9 Å². The van der Waals surface area contributed by atoms with Crippen LogP contribution in [0.3, 0.4) is 0 Å². The van der Waals surface area contributed by atoms with Crippen molar-refractivity contribution in [2.75, 3.05) is 57.5 Å². The number of benzene rings is 3. The van der Waals surface area contributed by atoms with E-state index in [-0.39, 0.29) is 16.9 Å². The summed E-state index contributed by atoms with van der Waals surface area (Å²) in [4.78, 5) is 40.0. The molecule has 0 aliphatic carbocycles. The molecule has 0 spiro atoms. The molecule has 1 aromatic heterocycles. The molecule has 1 saturated heterocycles. The second-order valence-electron chi connectivity index (χ2n) is 10.6. The molecule has 6 rings (SSSR count). The van der Waals surface area contributed by atoms with E-state index in [1.807, 2.05) is 59.5 Å². The molecule has 8 nitrogen and oxygen atoms in total. The number of carbonyl (C=O) groups is 2. The second kappa shape index (κ2) is 11.5. The molecule has 2 aliphatic rings. The van der Waals surface area contributed by atoms with Gasteiger partial charge in [0.2, 0.25) is 11.0 Å². The lowest BCUT2D eigenvalue weighted by atomic mass is 10.00. The third-order valence-corrected chi connectivity index (χ3v) is 8.55. The van der Waals surface area contributed by atoms with Crippen molar-refractivity contribution in [3.05, 3.63) is 89.0 Å². The number of thioether (sulfide) groups is 1. The first kappa shape index (κ1) is 27.3. The number of rotatable bonds is 6. The van der Waals surface area contributed by atoms with Crippen LogP contribution in [0, 0.1) is 0 Å². The van der Waals surface area contributed by atoms with Crippen molar-refractivity contribution in [3.8, 4) is 5.88 Å². The van der Waals surface area contributed by atoms with Gasteiger partial charge in [0, 0.05) is 60.4 Å². The minimum absolute atomic E-state index is 0.00167. The first-order valence-corrected chi connectivity index (χ1v) is 15.1. The summed E-state index contributed by atoms with van der Waals surface area (Å²) in [5.74, 6) is 0.135. The normalized spacial score (nSPS) is 16.3. The molecule has 0 bridgehead atoms. The van der Waals surface area contributed by atoms with Gasteiger partial charge in [0.15, 0.2) is 5.88 Å². The molecule has 2 aliphatic heterocycles. The molecular weight excluding hydrogens is 534 g/mol. The van der Waals surface area contributed by atoms with E-state index >= 15 is 0 Å². The van der Waals surface area contributed by atoms with Gasteiger partial charge in [-0.1, -0.05) is 48.2 Å². The van der Waals surface area contributed by atoms with E-state index in [4.69, 9.17) is 4.99 Å². The molecule has 2 N–H and O–H groups in total. The third-order valence-electron chi connectivity index (χ3n) is 7.94. The van der Waals surface area contributed by atoms with Crippen LogP contribution in [0.15, 0.2) is 71.7 Å². The van der Waals surface area contributed by atoms with E-state index < -0.39 is 0 Å². The highest BCUT2D eigenvalue weighted by molar-refractivity contribution is 8.13. The maximum atomic E-state index is 13.2. The van der Waals surface area contributed by atoms with Gasteiger partial charge in [0.05, 0.1) is 23.5 Å². The van der Waals surface area contributed by atoms with E-state index in [1.165, 1.54) is 0 Å². The molecule has 1 amide bonds. The number of carbonyl (C=O) groups excluding carboxylic acids is 2. The number of aromatic amines is 1. The summed E-state index contributed by atoms with van der Waals surface area (Å²) in [5.41, 5.74) is 6.10. The molecule has 0 radical (unpaired) electrons. The number of nitrogens with zero attached hydrogens (tertiary/aromatic N) is 4. The fraction of sp³-hybridized carbons (Fsp3) is 0.281. The summed E-state index contributed by atoms with van der Waals surface area (Å²) in [7, 11) is 2.11. The highest BCUT2D eigenvalue weighted by atomic mass is 32.2. The molecule has 1 fully saturated rings. The SMILES string of the molecule is CSC(=O)c1ccc2c(C(=Nc3ccc4c(c3)CCN4C(=O)CN3CCN(C)CC3)c3ccccc3)c(O)[nH]c2c1. The molecule has 3 heterocycles. The van der Waals surface area contributed by atoms with E-state index in [2.05, 4.69) is 21.8 Å². The fourth-order valence-electron chi connectivity index (χ4n) is 5.66. The average molecular weight is 568 g/mol. The predicted molar refractivity (Wildman–Crippen MR) is 166 cm³/mol. The van der Waals surface area contributed by atoms with E-state index in [9.17, 15) is 14.7 Å². The van der Waals surface area contributed by atoms with Crippen LogP contribution >= 0.6 is 11.8 Å². The van der Waals surface area contributed by atoms with Crippen LogP contribution in [-0.4, -0.2) is 89.2 Å². The first-order valence-electron chi connectivity index (χ1n) is 13.8. The number of hydrogen-bond acceptors (Lipinski definition) is 7. The Balaban J connectivity index is 1.33. The number of amides is 1. The average Bonchev–Trinajstić information content (AvgIpc) is 3.56. The number of aromatic nitrogens is 1. The lowest BCUT2D eigenvalue weighted by Crippen LogP contribution is -2.48. The first-order chi connectivity index (χ1) is 19.9. The molecule has 210 valence electrons. The zero-order valence-electron chi connectivity index (χ0n) is 23.3. The number of hydrogen-bond donors (Lipinski definition) is 2. The van der Waals surface area contributed by atoms with Crippen molar-refractivity contribution >= 4 is 50.8 Å². The summed E-state index contributed by atoms with van der Waals surface area (Å²) in [5, 5.41) is 11.8. The van der Waals surface area contributed by atoms with Gasteiger partial charge in [0.25, 0.3) is 0 Å². The van der Waals surface area contributed by atoms with Crippen molar-refractivity contribution < 1.29 is 14.7 Å². The van der Waals surface area contributed by atoms with Gasteiger partial charge in [-0.15, -0.1) is 0 Å². The van der Waals surface area contributed by atoms with Gasteiger partial charge in [0.1, 0.15) is 0 Å². The smallest absolute Gasteiger partial charge is 0.241 e. The minimum atomic E-state index is -0.0336. The van der Waals surface area contributed by atoms with Crippen molar-refractivity contribution in [1.82, 2.24) is 14.8 Å². The Morgan fingerprint density at radius 1 is 0.951 bits per heavy atom. The second-order valence-corrected chi connectivity index (χ2v) is 11.4. The molecule has 0 atom stereocenters. The zero-order chi connectivity index (χ0) is 28.5. The Kier molecular flexibility index (Phi) is 7.66. The quantitative estimate of drug-likeness (QED) is 0.329. The number of likely N-dealkylation sites (N-methyl/N-ethyl adjacent to an activating group) is 1. The minimum Gasteiger partial charge on any atom is -0.494 e. The summed E-state index contributed by atoms with van der Waals surface area (Å²) in [6.07, 6.45) is 2.53. The summed E-state index contributed by atoms with van der Waals surface area (Å²) >= 11 is 1.15. The van der Waals surface area contributed by atoms with Crippen LogP contribution in [0.2, 0.25) is 0 Å². The number of aromatic hydroxyl groups is 1. The lowest BCUT2D eigenvalue weighted by molar-refractivity contribution is -0.120. The van der Waals surface area contributed by atoms with Crippen molar-refractivity contribution in [3.63, 3.8) is 0 Å². The van der Waals surface area contributed by atoms with E-state index in [0.717, 1.165) is 72.2 Å². The van der Waals surface area contributed by atoms with Crippen molar-refractivity contribution in [2.45, 2.75) is 6.42 Å². The number of anilines is 1. The number of nitrogens with one attached hydrogen (secondary N) is 1. The molecule has 4 aromatic rings. The van der Waals surface area contributed by atoms with Gasteiger partial charge in [-0.3, -0.25) is 14.5 Å². The van der Waals surface area contributed by atoms with Crippen LogP contribution < -0.4 is 4.90 Å². The molecular formula is C32H33N5O3S. The van der Waals surface area contributed by atoms with E-state index in [0.29, 0.717) is 35.4 Å². The maximum absolute atomic E-state index is 13.2. The van der Waals surface area contributed by atoms with Crippen LogP contribution in [0.5, 0.6) is 5.88 Å². The number of piperazine rings is 1. The number of fused-ring (bicyclic) bond motifs is 2.